The molecule has 2 aromatic heterocycles. The third-order valence-electron chi connectivity index (χ3n) is 4.71. The molecular weight excluding hydrogens is 373 g/mol. The molecule has 3 rings (SSSR count). The highest BCUT2D eigenvalue weighted by Gasteiger charge is 2.12. The van der Waals surface area contributed by atoms with E-state index in [0.717, 1.165) is 32.0 Å². The first-order chi connectivity index (χ1) is 14.1. The standard InChI is InChI=1S/C20H26FN7O/c1-3-27(4-2)14-13-22-17-9-10-18-24-25-19(28(18)26-17)11-12-23-20(29)15-7-5-6-8-16(15)21/h5-10H,3-4,11-14H2,1-2H3,(H,22,26)(H,23,29). The largest absolute Gasteiger partial charge is 0.367 e. The summed E-state index contributed by atoms with van der Waals surface area (Å²) >= 11 is 0. The van der Waals surface area contributed by atoms with Gasteiger partial charge in [-0.2, -0.15) is 4.52 Å². The summed E-state index contributed by atoms with van der Waals surface area (Å²) in [5, 5.41) is 18.8. The number of likely N-dealkylation sites (N-methyl/N-ethyl adjacent to an activating group) is 1. The van der Waals surface area contributed by atoms with Crippen LogP contribution in [0.15, 0.2) is 36.4 Å². The molecule has 0 aliphatic carbocycles. The molecule has 0 radical (unpaired) electrons. The maximum atomic E-state index is 13.7. The highest BCUT2D eigenvalue weighted by molar-refractivity contribution is 5.94. The molecule has 2 N–H and O–H groups in total. The summed E-state index contributed by atoms with van der Waals surface area (Å²) in [6.45, 7) is 8.33. The van der Waals surface area contributed by atoms with Crippen molar-refractivity contribution in [2.75, 3.05) is 38.0 Å². The number of carbonyl (C=O) groups excluding carboxylic acids is 1. The zero-order chi connectivity index (χ0) is 20.6. The van der Waals surface area contributed by atoms with Crippen molar-refractivity contribution >= 4 is 17.4 Å². The summed E-state index contributed by atoms with van der Waals surface area (Å²) in [7, 11) is 0. The lowest BCUT2D eigenvalue weighted by atomic mass is 10.2. The van der Waals surface area contributed by atoms with Gasteiger partial charge >= 0.3 is 0 Å². The second-order valence-corrected chi connectivity index (χ2v) is 6.54. The van der Waals surface area contributed by atoms with Crippen molar-refractivity contribution in [2.45, 2.75) is 20.3 Å². The number of nitrogens with one attached hydrogen (secondary N) is 2. The summed E-state index contributed by atoms with van der Waals surface area (Å²) in [5.74, 6) is 0.367. The number of anilines is 1. The Morgan fingerprint density at radius 2 is 1.90 bits per heavy atom. The fourth-order valence-electron chi connectivity index (χ4n) is 2.99. The highest BCUT2D eigenvalue weighted by atomic mass is 19.1. The summed E-state index contributed by atoms with van der Waals surface area (Å²) < 4.78 is 15.3. The smallest absolute Gasteiger partial charge is 0.254 e. The van der Waals surface area contributed by atoms with Crippen LogP contribution in [0.4, 0.5) is 10.2 Å². The predicted molar refractivity (Wildman–Crippen MR) is 109 cm³/mol. The van der Waals surface area contributed by atoms with Crippen molar-refractivity contribution in [3.8, 4) is 0 Å². The van der Waals surface area contributed by atoms with Gasteiger partial charge in [-0.05, 0) is 37.4 Å². The molecule has 1 amide bonds. The molecule has 1 aromatic carbocycles. The molecule has 9 heteroatoms. The Kier molecular flexibility index (Phi) is 7.07. The first kappa shape index (κ1) is 20.7. The number of halogens is 1. The molecule has 3 aromatic rings. The maximum Gasteiger partial charge on any atom is 0.254 e. The Balaban J connectivity index is 1.58. The average molecular weight is 399 g/mol. The molecular formula is C20H26FN7O. The number of rotatable bonds is 10. The zero-order valence-electron chi connectivity index (χ0n) is 16.7. The van der Waals surface area contributed by atoms with E-state index in [1.807, 2.05) is 12.1 Å². The Hall–Kier alpha value is -3.07. The van der Waals surface area contributed by atoms with E-state index in [1.54, 1.807) is 16.6 Å². The number of amides is 1. The molecule has 0 atom stereocenters. The van der Waals surface area contributed by atoms with Crippen molar-refractivity contribution in [1.29, 1.82) is 0 Å². The van der Waals surface area contributed by atoms with Crippen LogP contribution < -0.4 is 10.6 Å². The Bertz CT molecular complexity index is 955. The van der Waals surface area contributed by atoms with Gasteiger partial charge in [-0.1, -0.05) is 26.0 Å². The van der Waals surface area contributed by atoms with Crippen LogP contribution in [0, 0.1) is 5.82 Å². The van der Waals surface area contributed by atoms with Crippen LogP contribution in [0.3, 0.4) is 0 Å². The monoisotopic (exact) mass is 399 g/mol. The van der Waals surface area contributed by atoms with E-state index in [9.17, 15) is 9.18 Å². The normalized spacial score (nSPS) is 11.2. The summed E-state index contributed by atoms with van der Waals surface area (Å²) in [6, 6.07) is 9.61. The van der Waals surface area contributed by atoms with Crippen molar-refractivity contribution in [3.63, 3.8) is 0 Å². The van der Waals surface area contributed by atoms with Crippen LogP contribution >= 0.6 is 0 Å². The molecule has 0 unspecified atom stereocenters. The number of aromatic nitrogens is 4. The lowest BCUT2D eigenvalue weighted by molar-refractivity contribution is 0.0950. The average Bonchev–Trinajstić information content (AvgIpc) is 3.14. The predicted octanol–water partition coefficient (Wildman–Crippen LogP) is 1.99. The molecule has 0 bridgehead atoms. The number of nitrogens with zero attached hydrogens (tertiary/aromatic N) is 5. The van der Waals surface area contributed by atoms with Gasteiger partial charge in [0.1, 0.15) is 11.6 Å². The molecule has 0 aliphatic heterocycles. The van der Waals surface area contributed by atoms with E-state index in [0.29, 0.717) is 24.4 Å². The lowest BCUT2D eigenvalue weighted by Crippen LogP contribution is -2.29. The van der Waals surface area contributed by atoms with Gasteiger partial charge in [-0.3, -0.25) is 4.79 Å². The van der Waals surface area contributed by atoms with E-state index in [1.165, 1.54) is 12.1 Å². The Labute approximate surface area is 169 Å². The van der Waals surface area contributed by atoms with Crippen molar-refractivity contribution in [3.05, 3.63) is 53.6 Å². The van der Waals surface area contributed by atoms with Crippen molar-refractivity contribution < 1.29 is 9.18 Å². The number of benzene rings is 1. The fourth-order valence-corrected chi connectivity index (χ4v) is 2.99. The van der Waals surface area contributed by atoms with Gasteiger partial charge in [0.15, 0.2) is 11.5 Å². The minimum Gasteiger partial charge on any atom is -0.367 e. The summed E-state index contributed by atoms with van der Waals surface area (Å²) in [6.07, 6.45) is 0.428. The van der Waals surface area contributed by atoms with Crippen LogP contribution in [-0.4, -0.2) is 63.3 Å². The Morgan fingerprint density at radius 1 is 1.10 bits per heavy atom. The van der Waals surface area contributed by atoms with Gasteiger partial charge in [0.05, 0.1) is 5.56 Å². The van der Waals surface area contributed by atoms with E-state index < -0.39 is 11.7 Å². The molecule has 0 aliphatic rings. The van der Waals surface area contributed by atoms with Crippen molar-refractivity contribution in [1.82, 2.24) is 30.0 Å². The van der Waals surface area contributed by atoms with E-state index in [4.69, 9.17) is 0 Å². The minimum absolute atomic E-state index is 0.0245. The number of fused-ring (bicyclic) bond motifs is 1. The number of hydrogen-bond donors (Lipinski definition) is 2. The molecule has 0 saturated carbocycles. The van der Waals surface area contributed by atoms with Crippen LogP contribution in [0.2, 0.25) is 0 Å². The van der Waals surface area contributed by atoms with Crippen LogP contribution in [-0.2, 0) is 6.42 Å². The fraction of sp³-hybridized carbons (Fsp3) is 0.400. The first-order valence-corrected chi connectivity index (χ1v) is 9.82. The third-order valence-corrected chi connectivity index (χ3v) is 4.71. The molecule has 0 saturated heterocycles. The molecule has 0 spiro atoms. The van der Waals surface area contributed by atoms with Crippen molar-refractivity contribution in [2.24, 2.45) is 0 Å². The van der Waals surface area contributed by atoms with E-state index in [2.05, 4.69) is 44.7 Å². The van der Waals surface area contributed by atoms with Crippen LogP contribution in [0.5, 0.6) is 0 Å². The lowest BCUT2D eigenvalue weighted by Gasteiger charge is -2.18. The molecule has 2 heterocycles. The van der Waals surface area contributed by atoms with Gasteiger partial charge < -0.3 is 15.5 Å². The van der Waals surface area contributed by atoms with Crippen LogP contribution in [0.25, 0.3) is 5.65 Å². The molecule has 8 nitrogen and oxygen atoms in total. The van der Waals surface area contributed by atoms with Crippen LogP contribution in [0.1, 0.15) is 30.0 Å². The molecule has 29 heavy (non-hydrogen) atoms. The topological polar surface area (TPSA) is 87.5 Å². The van der Waals surface area contributed by atoms with Gasteiger partial charge in [0.25, 0.3) is 5.91 Å². The zero-order valence-corrected chi connectivity index (χ0v) is 16.7. The van der Waals surface area contributed by atoms with Gasteiger partial charge in [-0.15, -0.1) is 15.3 Å². The number of hydrogen-bond acceptors (Lipinski definition) is 6. The SMILES string of the molecule is CCN(CC)CCNc1ccc2nnc(CCNC(=O)c3ccccc3F)n2n1. The van der Waals surface area contributed by atoms with E-state index in [-0.39, 0.29) is 5.56 Å². The molecule has 154 valence electrons. The molecule has 0 fully saturated rings. The van der Waals surface area contributed by atoms with E-state index >= 15 is 0 Å². The van der Waals surface area contributed by atoms with Gasteiger partial charge in [0.2, 0.25) is 0 Å². The maximum absolute atomic E-state index is 13.7. The highest BCUT2D eigenvalue weighted by Crippen LogP contribution is 2.08. The summed E-state index contributed by atoms with van der Waals surface area (Å²) in [4.78, 5) is 14.4. The minimum atomic E-state index is -0.542. The second kappa shape index (κ2) is 9.92. The summed E-state index contributed by atoms with van der Waals surface area (Å²) in [5.41, 5.74) is 0.658. The Morgan fingerprint density at radius 3 is 2.66 bits per heavy atom. The van der Waals surface area contributed by atoms with Gasteiger partial charge in [0, 0.05) is 26.1 Å². The van der Waals surface area contributed by atoms with Gasteiger partial charge in [-0.25, -0.2) is 4.39 Å². The second-order valence-electron chi connectivity index (χ2n) is 6.54. The number of carbonyl (C=O) groups is 1. The quantitative estimate of drug-likeness (QED) is 0.542. The third kappa shape index (κ3) is 5.26. The first-order valence-electron chi connectivity index (χ1n) is 9.82.